The van der Waals surface area contributed by atoms with Crippen LogP contribution in [0.4, 0.5) is 0 Å². The van der Waals surface area contributed by atoms with Crippen LogP contribution in [0, 0.1) is 23.7 Å². The molecule has 32 heavy (non-hydrogen) atoms. The van der Waals surface area contributed by atoms with E-state index in [4.69, 9.17) is 9.47 Å². The minimum Gasteiger partial charge on any atom is -0.490 e. The van der Waals surface area contributed by atoms with E-state index in [0.29, 0.717) is 13.2 Å². The summed E-state index contributed by atoms with van der Waals surface area (Å²) in [5.41, 5.74) is -0.215. The van der Waals surface area contributed by atoms with Crippen molar-refractivity contribution in [1.29, 1.82) is 0 Å². The fraction of sp³-hybridized carbons (Fsp3) is 0.310. The van der Waals surface area contributed by atoms with Crippen LogP contribution in [0.1, 0.15) is 24.8 Å². The first-order chi connectivity index (χ1) is 15.7. The third-order valence-electron chi connectivity index (χ3n) is 5.81. The molecule has 166 valence electrons. The van der Waals surface area contributed by atoms with Gasteiger partial charge in [0.2, 0.25) is 0 Å². The molecular formula is C29H32O3. The van der Waals surface area contributed by atoms with Gasteiger partial charge in [0.1, 0.15) is 24.1 Å². The molecule has 4 unspecified atom stereocenters. The van der Waals surface area contributed by atoms with Crippen LogP contribution in [0.3, 0.4) is 0 Å². The first-order valence-electron chi connectivity index (χ1n) is 11.1. The molecule has 4 atom stereocenters. The molecule has 0 amide bonds. The van der Waals surface area contributed by atoms with Gasteiger partial charge in [-0.1, -0.05) is 91.8 Å². The SMILES string of the molecule is C=C/C=C/COc1ccc(C(O)(C2C#CC(OC/C=C/C=C)CC2)C2C=CC=CC2)cc1. The van der Waals surface area contributed by atoms with Gasteiger partial charge in [0.25, 0.3) is 0 Å². The highest BCUT2D eigenvalue weighted by molar-refractivity contribution is 5.36. The molecule has 0 aromatic heterocycles. The monoisotopic (exact) mass is 428 g/mol. The van der Waals surface area contributed by atoms with Crippen molar-refractivity contribution in [2.75, 3.05) is 13.2 Å². The number of ether oxygens (including phenoxy) is 2. The van der Waals surface area contributed by atoms with E-state index in [2.05, 4.69) is 37.2 Å². The first-order valence-corrected chi connectivity index (χ1v) is 11.1. The van der Waals surface area contributed by atoms with E-state index in [9.17, 15) is 5.11 Å². The fourth-order valence-corrected chi connectivity index (χ4v) is 4.13. The molecule has 1 aromatic carbocycles. The maximum Gasteiger partial charge on any atom is 0.119 e. The van der Waals surface area contributed by atoms with Crippen molar-refractivity contribution in [3.8, 4) is 17.6 Å². The number of rotatable bonds is 11. The Labute approximate surface area is 192 Å². The smallest absolute Gasteiger partial charge is 0.119 e. The van der Waals surface area contributed by atoms with E-state index in [1.165, 1.54) is 0 Å². The normalized spacial score (nSPS) is 24.1. The Morgan fingerprint density at radius 3 is 2.38 bits per heavy atom. The maximum atomic E-state index is 12.1. The molecule has 1 aromatic rings. The Balaban J connectivity index is 1.78. The maximum absolute atomic E-state index is 12.1. The fourth-order valence-electron chi connectivity index (χ4n) is 4.13. The summed E-state index contributed by atoms with van der Waals surface area (Å²) in [7, 11) is 0. The van der Waals surface area contributed by atoms with E-state index in [0.717, 1.165) is 30.6 Å². The van der Waals surface area contributed by atoms with Gasteiger partial charge in [-0.2, -0.15) is 0 Å². The van der Waals surface area contributed by atoms with Crippen LogP contribution in [0.5, 0.6) is 5.75 Å². The molecule has 0 aliphatic heterocycles. The van der Waals surface area contributed by atoms with Crippen molar-refractivity contribution in [2.24, 2.45) is 11.8 Å². The highest BCUT2D eigenvalue weighted by atomic mass is 16.5. The Bertz CT molecular complexity index is 939. The molecule has 3 rings (SSSR count). The quantitative estimate of drug-likeness (QED) is 0.365. The molecule has 2 aliphatic carbocycles. The van der Waals surface area contributed by atoms with E-state index in [-0.39, 0.29) is 17.9 Å². The Kier molecular flexibility index (Phi) is 8.92. The van der Waals surface area contributed by atoms with Crippen molar-refractivity contribution in [2.45, 2.75) is 31.0 Å². The van der Waals surface area contributed by atoms with E-state index < -0.39 is 5.60 Å². The molecular weight excluding hydrogens is 396 g/mol. The second-order valence-electron chi connectivity index (χ2n) is 7.88. The average molecular weight is 429 g/mol. The molecule has 0 saturated carbocycles. The predicted molar refractivity (Wildman–Crippen MR) is 131 cm³/mol. The van der Waals surface area contributed by atoms with Crippen molar-refractivity contribution >= 4 is 0 Å². The summed E-state index contributed by atoms with van der Waals surface area (Å²) < 4.78 is 11.6. The van der Waals surface area contributed by atoms with Gasteiger partial charge in [0.15, 0.2) is 0 Å². The van der Waals surface area contributed by atoms with Gasteiger partial charge in [-0.15, -0.1) is 0 Å². The third kappa shape index (κ3) is 6.01. The Hall–Kier alpha value is -3.06. The predicted octanol–water partition coefficient (Wildman–Crippen LogP) is 5.67. The van der Waals surface area contributed by atoms with Gasteiger partial charge in [0.05, 0.1) is 12.5 Å². The summed E-state index contributed by atoms with van der Waals surface area (Å²) >= 11 is 0. The van der Waals surface area contributed by atoms with Gasteiger partial charge in [-0.25, -0.2) is 0 Å². The van der Waals surface area contributed by atoms with Crippen LogP contribution in [0.15, 0.2) is 98.2 Å². The molecule has 3 heteroatoms. The van der Waals surface area contributed by atoms with Crippen LogP contribution >= 0.6 is 0 Å². The lowest BCUT2D eigenvalue weighted by Crippen LogP contribution is -2.43. The zero-order valence-corrected chi connectivity index (χ0v) is 18.5. The van der Waals surface area contributed by atoms with Crippen LogP contribution in [-0.4, -0.2) is 24.4 Å². The van der Waals surface area contributed by atoms with Crippen LogP contribution in [-0.2, 0) is 10.3 Å². The van der Waals surface area contributed by atoms with Crippen LogP contribution in [0.25, 0.3) is 0 Å². The van der Waals surface area contributed by atoms with Gasteiger partial charge in [-0.05, 0) is 43.0 Å². The van der Waals surface area contributed by atoms with Crippen molar-refractivity contribution < 1.29 is 14.6 Å². The van der Waals surface area contributed by atoms with Crippen molar-refractivity contribution in [1.82, 2.24) is 0 Å². The zero-order chi connectivity index (χ0) is 22.7. The highest BCUT2D eigenvalue weighted by Gasteiger charge is 2.44. The van der Waals surface area contributed by atoms with Crippen LogP contribution in [0.2, 0.25) is 0 Å². The van der Waals surface area contributed by atoms with E-state index in [1.54, 1.807) is 12.2 Å². The number of aliphatic hydroxyl groups is 1. The Morgan fingerprint density at radius 1 is 1.00 bits per heavy atom. The summed E-state index contributed by atoms with van der Waals surface area (Å²) in [4.78, 5) is 0. The number of allylic oxidation sites excluding steroid dienone is 7. The lowest BCUT2D eigenvalue weighted by molar-refractivity contribution is -0.0492. The molecule has 0 heterocycles. The molecule has 0 radical (unpaired) electrons. The third-order valence-corrected chi connectivity index (χ3v) is 5.81. The summed E-state index contributed by atoms with van der Waals surface area (Å²) in [5, 5.41) is 12.1. The zero-order valence-electron chi connectivity index (χ0n) is 18.5. The number of hydrogen-bond donors (Lipinski definition) is 1. The number of hydrogen-bond acceptors (Lipinski definition) is 3. The molecule has 3 nitrogen and oxygen atoms in total. The summed E-state index contributed by atoms with van der Waals surface area (Å²) in [6.07, 6.45) is 21.5. The minimum atomic E-state index is -1.08. The molecule has 0 saturated heterocycles. The minimum absolute atomic E-state index is 0.0397. The topological polar surface area (TPSA) is 38.7 Å². The second-order valence-corrected chi connectivity index (χ2v) is 7.88. The highest BCUT2D eigenvalue weighted by Crippen LogP contribution is 2.44. The van der Waals surface area contributed by atoms with Gasteiger partial charge >= 0.3 is 0 Å². The summed E-state index contributed by atoms with van der Waals surface area (Å²) in [5.74, 6) is 7.12. The average Bonchev–Trinajstić information content (AvgIpc) is 2.85. The summed E-state index contributed by atoms with van der Waals surface area (Å²) in [6, 6.07) is 7.75. The van der Waals surface area contributed by atoms with Crippen molar-refractivity contribution in [3.63, 3.8) is 0 Å². The van der Waals surface area contributed by atoms with Crippen LogP contribution < -0.4 is 4.74 Å². The molecule has 0 bridgehead atoms. The van der Waals surface area contributed by atoms with Gasteiger partial charge in [-0.3, -0.25) is 0 Å². The summed E-state index contributed by atoms with van der Waals surface area (Å²) in [6.45, 7) is 8.30. The lowest BCUT2D eigenvalue weighted by atomic mass is 9.68. The second kappa shape index (κ2) is 12.1. The largest absolute Gasteiger partial charge is 0.490 e. The molecule has 0 fully saturated rings. The van der Waals surface area contributed by atoms with Gasteiger partial charge < -0.3 is 14.6 Å². The molecule has 1 N–H and O–H groups in total. The number of benzene rings is 1. The lowest BCUT2D eigenvalue weighted by Gasteiger charge is -2.41. The van der Waals surface area contributed by atoms with E-state index >= 15 is 0 Å². The molecule has 0 spiro atoms. The van der Waals surface area contributed by atoms with Gasteiger partial charge in [0, 0.05) is 5.92 Å². The Morgan fingerprint density at radius 2 is 1.75 bits per heavy atom. The van der Waals surface area contributed by atoms with E-state index in [1.807, 2.05) is 60.7 Å². The van der Waals surface area contributed by atoms with Crippen molar-refractivity contribution in [3.05, 3.63) is 104 Å². The standard InChI is InChI=1S/C29H32O3/c1-3-5-10-22-31-27-18-14-25(15-19-27)29(30,24-12-8-7-9-13-24)26-16-20-28(21-17-26)32-23-11-6-4-2/h3-12,14-15,18-19,24,26,28,30H,1-2,13,16,20,22-23H2/b10-5+,11-6+. The first kappa shape index (κ1) is 23.6. The molecule has 2 aliphatic rings.